The first kappa shape index (κ1) is 16.1. The van der Waals surface area contributed by atoms with Crippen molar-refractivity contribution < 1.29 is 14.5 Å². The second-order valence-electron chi connectivity index (χ2n) is 4.74. The topological polar surface area (TPSA) is 69.4 Å². The molecule has 0 radical (unpaired) electrons. The van der Waals surface area contributed by atoms with Gasteiger partial charge < -0.3 is 4.74 Å². The molecule has 0 aliphatic rings. The molecular formula is C15H21NO4. The minimum atomic E-state index is -0.491. The van der Waals surface area contributed by atoms with Crippen molar-refractivity contribution in [2.24, 2.45) is 0 Å². The molecule has 1 atom stereocenters. The molecule has 5 nitrogen and oxygen atoms in total. The minimum absolute atomic E-state index is 0.0310. The summed E-state index contributed by atoms with van der Waals surface area (Å²) in [7, 11) is 0. The van der Waals surface area contributed by atoms with Gasteiger partial charge in [0.25, 0.3) is 5.69 Å². The lowest BCUT2D eigenvalue weighted by molar-refractivity contribution is -0.384. The smallest absolute Gasteiger partial charge is 0.338 e. The molecule has 0 aliphatic heterocycles. The van der Waals surface area contributed by atoms with Gasteiger partial charge in [0, 0.05) is 12.1 Å². The lowest BCUT2D eigenvalue weighted by Crippen LogP contribution is -2.17. The first-order valence-corrected chi connectivity index (χ1v) is 7.03. The van der Waals surface area contributed by atoms with E-state index < -0.39 is 10.9 Å². The molecule has 1 rings (SSSR count). The molecule has 20 heavy (non-hydrogen) atoms. The predicted molar refractivity (Wildman–Crippen MR) is 76.7 cm³/mol. The third kappa shape index (κ3) is 4.99. The Labute approximate surface area is 119 Å². The molecule has 1 aromatic carbocycles. The Kier molecular flexibility index (Phi) is 6.70. The highest BCUT2D eigenvalue weighted by atomic mass is 16.6. The average molecular weight is 279 g/mol. The molecule has 0 saturated heterocycles. The number of hydrogen-bond donors (Lipinski definition) is 0. The Hall–Kier alpha value is -1.91. The highest BCUT2D eigenvalue weighted by Gasteiger charge is 2.15. The quantitative estimate of drug-likeness (QED) is 0.311. The van der Waals surface area contributed by atoms with Crippen LogP contribution in [0.5, 0.6) is 0 Å². The third-order valence-corrected chi connectivity index (χ3v) is 3.17. The van der Waals surface area contributed by atoms with Crippen LogP contribution in [-0.2, 0) is 4.74 Å². The highest BCUT2D eigenvalue weighted by Crippen LogP contribution is 2.16. The number of benzene rings is 1. The number of hydrogen-bond acceptors (Lipinski definition) is 4. The maximum absolute atomic E-state index is 11.9. The van der Waals surface area contributed by atoms with Gasteiger partial charge in [-0.1, -0.05) is 26.7 Å². The van der Waals surface area contributed by atoms with Crippen molar-refractivity contribution >= 4 is 11.7 Å². The Morgan fingerprint density at radius 1 is 1.25 bits per heavy atom. The maximum atomic E-state index is 11.9. The van der Waals surface area contributed by atoms with Gasteiger partial charge in [-0.25, -0.2) is 4.79 Å². The zero-order valence-corrected chi connectivity index (χ0v) is 12.0. The van der Waals surface area contributed by atoms with E-state index in [0.29, 0.717) is 5.56 Å². The van der Waals surface area contributed by atoms with Gasteiger partial charge in [0.1, 0.15) is 6.10 Å². The van der Waals surface area contributed by atoms with Crippen LogP contribution in [-0.4, -0.2) is 17.0 Å². The number of non-ortho nitro benzene ring substituents is 1. The van der Waals surface area contributed by atoms with E-state index in [4.69, 9.17) is 4.74 Å². The summed E-state index contributed by atoms with van der Waals surface area (Å²) in [6.45, 7) is 4.11. The number of ether oxygens (including phenoxy) is 1. The van der Waals surface area contributed by atoms with E-state index in [0.717, 1.165) is 32.1 Å². The van der Waals surface area contributed by atoms with E-state index in [-0.39, 0.29) is 11.8 Å². The van der Waals surface area contributed by atoms with Crippen LogP contribution in [0, 0.1) is 10.1 Å². The van der Waals surface area contributed by atoms with Crippen LogP contribution in [0.1, 0.15) is 56.3 Å². The number of nitrogens with zero attached hydrogens (tertiary/aromatic N) is 1. The zero-order chi connectivity index (χ0) is 15.0. The van der Waals surface area contributed by atoms with E-state index in [1.54, 1.807) is 0 Å². The van der Waals surface area contributed by atoms with Gasteiger partial charge in [-0.3, -0.25) is 10.1 Å². The average Bonchev–Trinajstić information content (AvgIpc) is 2.46. The van der Waals surface area contributed by atoms with Crippen molar-refractivity contribution in [1.82, 2.24) is 0 Å². The molecule has 1 unspecified atom stereocenters. The summed E-state index contributed by atoms with van der Waals surface area (Å²) in [6, 6.07) is 5.49. The van der Waals surface area contributed by atoms with Crippen molar-refractivity contribution in [3.8, 4) is 0 Å². The summed E-state index contributed by atoms with van der Waals surface area (Å²) in [5, 5.41) is 10.5. The Bertz CT molecular complexity index is 442. The maximum Gasteiger partial charge on any atom is 0.338 e. The number of rotatable bonds is 8. The molecule has 0 aromatic heterocycles. The summed E-state index contributed by atoms with van der Waals surface area (Å²) >= 11 is 0. The molecule has 0 spiro atoms. The van der Waals surface area contributed by atoms with Crippen molar-refractivity contribution in [2.45, 2.75) is 52.1 Å². The van der Waals surface area contributed by atoms with Gasteiger partial charge in [-0.2, -0.15) is 0 Å². The summed E-state index contributed by atoms with van der Waals surface area (Å²) in [6.07, 6.45) is 4.87. The van der Waals surface area contributed by atoms with Crippen molar-refractivity contribution in [2.75, 3.05) is 0 Å². The van der Waals surface area contributed by atoms with Crippen molar-refractivity contribution in [3.05, 3.63) is 39.9 Å². The highest BCUT2D eigenvalue weighted by molar-refractivity contribution is 5.89. The summed E-state index contributed by atoms with van der Waals surface area (Å²) in [4.78, 5) is 22.0. The fraction of sp³-hybridized carbons (Fsp3) is 0.533. The van der Waals surface area contributed by atoms with Gasteiger partial charge >= 0.3 is 5.97 Å². The van der Waals surface area contributed by atoms with E-state index in [1.807, 2.05) is 6.92 Å². The molecule has 5 heteroatoms. The van der Waals surface area contributed by atoms with Crippen LogP contribution in [0.25, 0.3) is 0 Å². The Morgan fingerprint density at radius 3 is 2.40 bits per heavy atom. The Balaban J connectivity index is 2.57. The van der Waals surface area contributed by atoms with Crippen molar-refractivity contribution in [1.29, 1.82) is 0 Å². The van der Waals surface area contributed by atoms with Gasteiger partial charge in [0.2, 0.25) is 0 Å². The van der Waals surface area contributed by atoms with Gasteiger partial charge in [-0.05, 0) is 31.4 Å². The van der Waals surface area contributed by atoms with Crippen LogP contribution in [0.2, 0.25) is 0 Å². The minimum Gasteiger partial charge on any atom is -0.459 e. The molecule has 1 aromatic rings. The lowest BCUT2D eigenvalue weighted by atomic mass is 10.1. The van der Waals surface area contributed by atoms with E-state index in [2.05, 4.69) is 6.92 Å². The van der Waals surface area contributed by atoms with Gasteiger partial charge in [0.05, 0.1) is 10.5 Å². The van der Waals surface area contributed by atoms with Crippen LogP contribution >= 0.6 is 0 Å². The first-order chi connectivity index (χ1) is 9.58. The number of nitro benzene ring substituents is 1. The van der Waals surface area contributed by atoms with Crippen LogP contribution in [0.15, 0.2) is 24.3 Å². The standard InChI is InChI=1S/C15H21NO4/c1-3-5-6-7-14(4-2)20-15(17)12-8-10-13(11-9-12)16(18)19/h8-11,14H,3-7H2,1-2H3. The van der Waals surface area contributed by atoms with E-state index in [9.17, 15) is 14.9 Å². The SMILES string of the molecule is CCCCCC(CC)OC(=O)c1ccc([N+](=O)[O-])cc1. The molecule has 0 aliphatic carbocycles. The van der Waals surface area contributed by atoms with Crippen molar-refractivity contribution in [3.63, 3.8) is 0 Å². The Morgan fingerprint density at radius 2 is 1.90 bits per heavy atom. The largest absolute Gasteiger partial charge is 0.459 e. The number of esters is 1. The molecular weight excluding hydrogens is 258 g/mol. The van der Waals surface area contributed by atoms with Crippen LogP contribution in [0.4, 0.5) is 5.69 Å². The third-order valence-electron chi connectivity index (χ3n) is 3.17. The summed E-state index contributed by atoms with van der Waals surface area (Å²) in [5.41, 5.74) is 0.320. The van der Waals surface area contributed by atoms with E-state index in [1.165, 1.54) is 24.3 Å². The van der Waals surface area contributed by atoms with Crippen LogP contribution in [0.3, 0.4) is 0 Å². The molecule has 0 heterocycles. The monoisotopic (exact) mass is 279 g/mol. The number of unbranched alkanes of at least 4 members (excludes halogenated alkanes) is 2. The molecule has 0 bridgehead atoms. The number of carbonyl (C=O) groups excluding carboxylic acids is 1. The fourth-order valence-electron chi connectivity index (χ4n) is 1.91. The van der Waals surface area contributed by atoms with E-state index >= 15 is 0 Å². The summed E-state index contributed by atoms with van der Waals surface area (Å²) < 4.78 is 5.42. The fourth-order valence-corrected chi connectivity index (χ4v) is 1.91. The molecule has 0 saturated carbocycles. The van der Waals surface area contributed by atoms with Crippen LogP contribution < -0.4 is 0 Å². The normalized spacial score (nSPS) is 11.9. The van der Waals surface area contributed by atoms with Gasteiger partial charge in [-0.15, -0.1) is 0 Å². The summed E-state index contributed by atoms with van der Waals surface area (Å²) in [5.74, 6) is -0.414. The molecule has 0 N–H and O–H groups in total. The molecule has 0 amide bonds. The van der Waals surface area contributed by atoms with Gasteiger partial charge in [0.15, 0.2) is 0 Å². The lowest BCUT2D eigenvalue weighted by Gasteiger charge is -2.15. The first-order valence-electron chi connectivity index (χ1n) is 7.03. The molecule has 0 fully saturated rings. The predicted octanol–water partition coefficient (Wildman–Crippen LogP) is 4.11. The number of nitro groups is 1. The molecule has 110 valence electrons. The zero-order valence-electron chi connectivity index (χ0n) is 12.0. The second kappa shape index (κ2) is 8.30. The number of carbonyl (C=O) groups is 1. The second-order valence-corrected chi connectivity index (χ2v) is 4.74.